The molecular formula is C12H17N3O4. The summed E-state index contributed by atoms with van der Waals surface area (Å²) < 4.78 is 5.00. The monoisotopic (exact) mass is 267 g/mol. The minimum Gasteiger partial charge on any atom is -0.480 e. The quantitative estimate of drug-likeness (QED) is 0.838. The highest BCUT2D eigenvalue weighted by atomic mass is 16.5. The summed E-state index contributed by atoms with van der Waals surface area (Å²) in [6.45, 7) is 5.67. The number of aliphatic carboxylic acids is 1. The Balaban J connectivity index is 1.98. The molecule has 0 aromatic carbocycles. The molecule has 1 aliphatic rings. The molecule has 0 radical (unpaired) electrons. The fourth-order valence-electron chi connectivity index (χ4n) is 2.25. The summed E-state index contributed by atoms with van der Waals surface area (Å²) in [6, 6.07) is 0. The average molecular weight is 267 g/mol. The molecule has 0 aliphatic carbocycles. The van der Waals surface area contributed by atoms with Crippen LogP contribution in [0.4, 0.5) is 0 Å². The van der Waals surface area contributed by atoms with E-state index in [2.05, 4.69) is 5.16 Å². The van der Waals surface area contributed by atoms with Gasteiger partial charge in [-0.15, -0.1) is 0 Å². The zero-order chi connectivity index (χ0) is 14.0. The molecule has 104 valence electrons. The van der Waals surface area contributed by atoms with E-state index in [1.54, 1.807) is 18.7 Å². The molecule has 1 amide bonds. The van der Waals surface area contributed by atoms with Crippen LogP contribution in [0.3, 0.4) is 0 Å². The highest BCUT2D eigenvalue weighted by Crippen LogP contribution is 2.16. The van der Waals surface area contributed by atoms with Gasteiger partial charge in [0, 0.05) is 26.2 Å². The van der Waals surface area contributed by atoms with Crippen LogP contribution >= 0.6 is 0 Å². The lowest BCUT2D eigenvalue weighted by atomic mass is 10.1. The van der Waals surface area contributed by atoms with Gasteiger partial charge >= 0.3 is 5.97 Å². The fraction of sp³-hybridized carbons (Fsp3) is 0.583. The lowest BCUT2D eigenvalue weighted by Crippen LogP contribution is -2.50. The second-order valence-electron chi connectivity index (χ2n) is 4.66. The largest absolute Gasteiger partial charge is 0.480 e. The van der Waals surface area contributed by atoms with E-state index in [4.69, 9.17) is 9.63 Å². The molecule has 1 fully saturated rings. The lowest BCUT2D eigenvalue weighted by Gasteiger charge is -2.33. The molecule has 0 atom stereocenters. The summed E-state index contributed by atoms with van der Waals surface area (Å²) in [5, 5.41) is 12.5. The maximum Gasteiger partial charge on any atom is 0.317 e. The van der Waals surface area contributed by atoms with Crippen molar-refractivity contribution >= 4 is 11.9 Å². The molecule has 1 saturated heterocycles. The predicted octanol–water partition coefficient (Wildman–Crippen LogP) is 0.134. The van der Waals surface area contributed by atoms with Gasteiger partial charge in [0.2, 0.25) is 0 Å². The van der Waals surface area contributed by atoms with Crippen molar-refractivity contribution in [3.05, 3.63) is 17.0 Å². The van der Waals surface area contributed by atoms with Crippen LogP contribution in [-0.2, 0) is 4.79 Å². The van der Waals surface area contributed by atoms with E-state index in [-0.39, 0.29) is 12.5 Å². The van der Waals surface area contributed by atoms with Gasteiger partial charge in [0.15, 0.2) is 0 Å². The number of nitrogens with zero attached hydrogens (tertiary/aromatic N) is 3. The van der Waals surface area contributed by atoms with Gasteiger partial charge in [0.1, 0.15) is 11.3 Å². The van der Waals surface area contributed by atoms with Gasteiger partial charge in [0.25, 0.3) is 5.91 Å². The van der Waals surface area contributed by atoms with Crippen LogP contribution in [0.25, 0.3) is 0 Å². The Morgan fingerprint density at radius 1 is 1.26 bits per heavy atom. The number of carbonyl (C=O) groups is 2. The minimum atomic E-state index is -0.842. The van der Waals surface area contributed by atoms with E-state index in [0.29, 0.717) is 43.2 Å². The van der Waals surface area contributed by atoms with Gasteiger partial charge in [-0.1, -0.05) is 5.16 Å². The van der Waals surface area contributed by atoms with Crippen LogP contribution in [0.15, 0.2) is 4.52 Å². The van der Waals surface area contributed by atoms with E-state index in [1.165, 1.54) is 0 Å². The Hall–Kier alpha value is -1.89. The van der Waals surface area contributed by atoms with Crippen molar-refractivity contribution in [1.82, 2.24) is 15.0 Å². The number of carboxylic acid groups (broad SMARTS) is 1. The van der Waals surface area contributed by atoms with Crippen LogP contribution in [0.1, 0.15) is 21.8 Å². The summed E-state index contributed by atoms with van der Waals surface area (Å²) in [4.78, 5) is 26.5. The molecule has 0 saturated carbocycles. The molecule has 1 N–H and O–H groups in total. The number of hydrogen-bond donors (Lipinski definition) is 1. The molecule has 2 rings (SSSR count). The number of amides is 1. The molecule has 7 nitrogen and oxygen atoms in total. The van der Waals surface area contributed by atoms with Crippen molar-refractivity contribution in [2.45, 2.75) is 13.8 Å². The number of carbonyl (C=O) groups excluding carboxylic acids is 1. The Labute approximate surface area is 110 Å². The second-order valence-corrected chi connectivity index (χ2v) is 4.66. The van der Waals surface area contributed by atoms with Crippen molar-refractivity contribution in [2.24, 2.45) is 0 Å². The second kappa shape index (κ2) is 5.40. The first-order chi connectivity index (χ1) is 8.99. The van der Waals surface area contributed by atoms with Crippen LogP contribution in [0.2, 0.25) is 0 Å². The molecule has 1 aromatic heterocycles. The molecule has 1 aliphatic heterocycles. The smallest absolute Gasteiger partial charge is 0.317 e. The number of rotatable bonds is 3. The Morgan fingerprint density at radius 3 is 2.37 bits per heavy atom. The average Bonchev–Trinajstić information content (AvgIpc) is 2.68. The maximum absolute atomic E-state index is 12.3. The topological polar surface area (TPSA) is 86.9 Å². The Bertz CT molecular complexity index is 470. The van der Waals surface area contributed by atoms with Crippen molar-refractivity contribution in [1.29, 1.82) is 0 Å². The summed E-state index contributed by atoms with van der Waals surface area (Å²) in [5.41, 5.74) is 1.11. The van der Waals surface area contributed by atoms with Crippen molar-refractivity contribution < 1.29 is 19.2 Å². The molecular weight excluding hydrogens is 250 g/mol. The van der Waals surface area contributed by atoms with Gasteiger partial charge in [-0.05, 0) is 13.8 Å². The zero-order valence-corrected chi connectivity index (χ0v) is 11.0. The standard InChI is InChI=1S/C12H17N3O4/c1-8-11(9(2)19-13-8)12(18)15-5-3-14(4-6-15)7-10(16)17/h3-7H2,1-2H3,(H,16,17). The molecule has 0 unspecified atom stereocenters. The van der Waals surface area contributed by atoms with Crippen molar-refractivity contribution in [3.8, 4) is 0 Å². The number of aryl methyl sites for hydroxylation is 2. The first-order valence-electron chi connectivity index (χ1n) is 6.15. The van der Waals surface area contributed by atoms with Crippen LogP contribution in [0, 0.1) is 13.8 Å². The summed E-state index contributed by atoms with van der Waals surface area (Å²) in [7, 11) is 0. The zero-order valence-electron chi connectivity index (χ0n) is 11.0. The molecule has 0 spiro atoms. The minimum absolute atomic E-state index is 0.0212. The van der Waals surface area contributed by atoms with Crippen LogP contribution in [0.5, 0.6) is 0 Å². The molecule has 0 bridgehead atoms. The van der Waals surface area contributed by atoms with Crippen molar-refractivity contribution in [3.63, 3.8) is 0 Å². The van der Waals surface area contributed by atoms with E-state index in [9.17, 15) is 9.59 Å². The third-order valence-electron chi connectivity index (χ3n) is 3.27. The SMILES string of the molecule is Cc1noc(C)c1C(=O)N1CCN(CC(=O)O)CC1. The van der Waals surface area contributed by atoms with Crippen LogP contribution in [-0.4, -0.2) is 64.7 Å². The predicted molar refractivity (Wildman–Crippen MR) is 66.0 cm³/mol. The van der Waals surface area contributed by atoms with Gasteiger partial charge in [-0.25, -0.2) is 0 Å². The number of aromatic nitrogens is 1. The van der Waals surface area contributed by atoms with Gasteiger partial charge in [0.05, 0.1) is 12.2 Å². The molecule has 7 heteroatoms. The van der Waals surface area contributed by atoms with E-state index < -0.39 is 5.97 Å². The van der Waals surface area contributed by atoms with E-state index >= 15 is 0 Å². The lowest BCUT2D eigenvalue weighted by molar-refractivity contribution is -0.138. The fourth-order valence-corrected chi connectivity index (χ4v) is 2.25. The molecule has 1 aromatic rings. The first kappa shape index (κ1) is 13.5. The Morgan fingerprint density at radius 2 is 1.89 bits per heavy atom. The summed E-state index contributed by atoms with van der Waals surface area (Å²) >= 11 is 0. The maximum atomic E-state index is 12.3. The third-order valence-corrected chi connectivity index (χ3v) is 3.27. The highest BCUT2D eigenvalue weighted by molar-refractivity contribution is 5.96. The van der Waals surface area contributed by atoms with Crippen molar-refractivity contribution in [2.75, 3.05) is 32.7 Å². The van der Waals surface area contributed by atoms with E-state index in [0.717, 1.165) is 0 Å². The third kappa shape index (κ3) is 2.93. The van der Waals surface area contributed by atoms with Gasteiger partial charge < -0.3 is 14.5 Å². The number of carboxylic acids is 1. The Kier molecular flexibility index (Phi) is 3.84. The van der Waals surface area contributed by atoms with Gasteiger partial charge in [-0.3, -0.25) is 14.5 Å². The van der Waals surface area contributed by atoms with E-state index in [1.807, 2.05) is 4.90 Å². The first-order valence-corrected chi connectivity index (χ1v) is 6.15. The summed E-state index contributed by atoms with van der Waals surface area (Å²) in [5.74, 6) is -0.410. The number of piperazine rings is 1. The van der Waals surface area contributed by atoms with Crippen LogP contribution < -0.4 is 0 Å². The number of hydrogen-bond acceptors (Lipinski definition) is 5. The highest BCUT2D eigenvalue weighted by Gasteiger charge is 2.27. The van der Waals surface area contributed by atoms with Gasteiger partial charge in [-0.2, -0.15) is 0 Å². The molecule has 19 heavy (non-hydrogen) atoms. The molecule has 2 heterocycles. The normalized spacial score (nSPS) is 16.6. The summed E-state index contributed by atoms with van der Waals surface area (Å²) in [6.07, 6.45) is 0.